The van der Waals surface area contributed by atoms with Crippen LogP contribution in [0.1, 0.15) is 12.7 Å². The summed E-state index contributed by atoms with van der Waals surface area (Å²) in [6.45, 7) is 1.92. The fourth-order valence-electron chi connectivity index (χ4n) is 1.57. The van der Waals surface area contributed by atoms with Gasteiger partial charge in [0.1, 0.15) is 12.0 Å². The van der Waals surface area contributed by atoms with Gasteiger partial charge < -0.3 is 19.8 Å². The predicted octanol–water partition coefficient (Wildman–Crippen LogP) is 1.95. The summed E-state index contributed by atoms with van der Waals surface area (Å²) < 4.78 is 5.20. The molecule has 0 fully saturated rings. The van der Waals surface area contributed by atoms with Crippen molar-refractivity contribution in [3.63, 3.8) is 0 Å². The molecule has 17 heavy (non-hydrogen) atoms. The van der Waals surface area contributed by atoms with Crippen molar-refractivity contribution in [3.8, 4) is 0 Å². The average molecular weight is 236 g/mol. The van der Waals surface area contributed by atoms with Crippen LogP contribution in [0.2, 0.25) is 0 Å². The zero-order valence-corrected chi connectivity index (χ0v) is 9.21. The number of anilines is 1. The number of rotatable bonds is 5. The van der Waals surface area contributed by atoms with E-state index in [4.69, 9.17) is 4.42 Å². The molecule has 0 aromatic carbocycles. The Hall–Kier alpha value is -2.31. The molecule has 0 bridgehead atoms. The lowest BCUT2D eigenvalue weighted by atomic mass is 10.2. The first-order valence-corrected chi connectivity index (χ1v) is 5.13. The summed E-state index contributed by atoms with van der Waals surface area (Å²) in [6.07, 6.45) is 3.65. The molecule has 0 saturated carbocycles. The van der Waals surface area contributed by atoms with Gasteiger partial charge in [-0.25, -0.2) is 0 Å². The maximum Gasteiger partial charge on any atom is 0.366 e. The van der Waals surface area contributed by atoms with Crippen LogP contribution in [0.4, 0.5) is 11.5 Å². The second kappa shape index (κ2) is 4.69. The van der Waals surface area contributed by atoms with Crippen molar-refractivity contribution in [3.05, 3.63) is 40.5 Å². The number of furan rings is 1. The van der Waals surface area contributed by atoms with E-state index in [-0.39, 0.29) is 11.9 Å². The molecule has 0 aliphatic rings. The highest BCUT2D eigenvalue weighted by molar-refractivity contribution is 5.56. The number of nitrogens with zero attached hydrogens (tertiary/aromatic N) is 2. The van der Waals surface area contributed by atoms with Crippen LogP contribution in [0.3, 0.4) is 0 Å². The van der Waals surface area contributed by atoms with Crippen molar-refractivity contribution in [2.75, 3.05) is 5.32 Å². The third-order valence-corrected chi connectivity index (χ3v) is 2.29. The van der Waals surface area contributed by atoms with E-state index in [1.165, 1.54) is 6.20 Å². The highest BCUT2D eigenvalue weighted by atomic mass is 16.6. The van der Waals surface area contributed by atoms with Crippen LogP contribution >= 0.6 is 0 Å². The molecule has 0 saturated heterocycles. The maximum atomic E-state index is 10.7. The molecule has 0 aliphatic carbocycles. The van der Waals surface area contributed by atoms with Crippen LogP contribution in [0.15, 0.2) is 29.0 Å². The minimum absolute atomic E-state index is 0.0115. The van der Waals surface area contributed by atoms with Crippen molar-refractivity contribution in [1.82, 2.24) is 10.2 Å². The summed E-state index contributed by atoms with van der Waals surface area (Å²) >= 11 is 0. The number of aromatic amines is 1. The van der Waals surface area contributed by atoms with Gasteiger partial charge in [-0.2, -0.15) is 0 Å². The van der Waals surface area contributed by atoms with Gasteiger partial charge in [0.2, 0.25) is 0 Å². The molecule has 2 aromatic heterocycles. The lowest BCUT2D eigenvalue weighted by molar-refractivity contribution is -0.388. The minimum Gasteiger partial charge on any atom is -0.469 e. The van der Waals surface area contributed by atoms with Gasteiger partial charge in [-0.15, -0.1) is 5.10 Å². The van der Waals surface area contributed by atoms with Gasteiger partial charge in [0.15, 0.2) is 5.69 Å². The first-order valence-electron chi connectivity index (χ1n) is 5.13. The van der Waals surface area contributed by atoms with Crippen LogP contribution in [-0.2, 0) is 6.42 Å². The molecule has 1 atom stereocenters. The van der Waals surface area contributed by atoms with Crippen molar-refractivity contribution >= 4 is 11.5 Å². The molecule has 2 N–H and O–H groups in total. The lowest BCUT2D eigenvalue weighted by Crippen LogP contribution is -2.18. The highest BCUT2D eigenvalue weighted by Crippen LogP contribution is 2.21. The van der Waals surface area contributed by atoms with Crippen molar-refractivity contribution in [1.29, 1.82) is 0 Å². The van der Waals surface area contributed by atoms with E-state index < -0.39 is 4.92 Å². The SMILES string of the molecule is CC(Cc1ccco1)Nc1cn[nH]c1[N+](=O)[O-]. The Kier molecular flexibility index (Phi) is 3.08. The molecule has 2 rings (SSSR count). The average Bonchev–Trinajstić information content (AvgIpc) is 2.88. The number of H-pyrrole nitrogens is 1. The summed E-state index contributed by atoms with van der Waals surface area (Å²) in [4.78, 5) is 10.2. The molecule has 0 amide bonds. The summed E-state index contributed by atoms with van der Waals surface area (Å²) in [5.74, 6) is 0.701. The summed E-state index contributed by atoms with van der Waals surface area (Å²) in [7, 11) is 0. The molecule has 7 heteroatoms. The molecule has 90 valence electrons. The quantitative estimate of drug-likeness (QED) is 0.610. The maximum absolute atomic E-state index is 10.7. The Morgan fingerprint density at radius 2 is 2.53 bits per heavy atom. The van der Waals surface area contributed by atoms with Gasteiger partial charge in [-0.1, -0.05) is 5.10 Å². The van der Waals surface area contributed by atoms with Gasteiger partial charge in [-0.05, 0) is 24.0 Å². The number of hydrogen-bond donors (Lipinski definition) is 2. The first kappa shape index (κ1) is 11.2. The van der Waals surface area contributed by atoms with Crippen molar-refractivity contribution < 1.29 is 9.34 Å². The summed E-state index contributed by atoms with van der Waals surface area (Å²) in [5.41, 5.74) is 0.383. The zero-order chi connectivity index (χ0) is 12.3. The second-order valence-corrected chi connectivity index (χ2v) is 3.72. The van der Waals surface area contributed by atoms with Gasteiger partial charge in [-0.3, -0.25) is 0 Å². The third kappa shape index (κ3) is 2.63. The number of nitrogens with one attached hydrogen (secondary N) is 2. The van der Waals surface area contributed by atoms with Crippen molar-refractivity contribution in [2.24, 2.45) is 0 Å². The number of hydrogen-bond acceptors (Lipinski definition) is 5. The Labute approximate surface area is 97.0 Å². The Morgan fingerprint density at radius 1 is 1.71 bits per heavy atom. The Morgan fingerprint density at radius 3 is 3.18 bits per heavy atom. The first-order chi connectivity index (χ1) is 8.16. The van der Waals surface area contributed by atoms with Crippen molar-refractivity contribution in [2.45, 2.75) is 19.4 Å². The van der Waals surface area contributed by atoms with E-state index in [9.17, 15) is 10.1 Å². The third-order valence-electron chi connectivity index (χ3n) is 2.29. The number of aromatic nitrogens is 2. The van der Waals surface area contributed by atoms with E-state index >= 15 is 0 Å². The topological polar surface area (TPSA) is 97.0 Å². The molecule has 7 nitrogen and oxygen atoms in total. The fourth-order valence-corrected chi connectivity index (χ4v) is 1.57. The van der Waals surface area contributed by atoms with Crippen LogP contribution in [0.25, 0.3) is 0 Å². The summed E-state index contributed by atoms with van der Waals surface area (Å²) in [5, 5.41) is 19.6. The van der Waals surface area contributed by atoms with E-state index in [2.05, 4.69) is 15.5 Å². The Bertz CT molecular complexity index is 491. The lowest BCUT2D eigenvalue weighted by Gasteiger charge is -2.11. The highest BCUT2D eigenvalue weighted by Gasteiger charge is 2.17. The van der Waals surface area contributed by atoms with E-state index in [1.807, 2.05) is 19.1 Å². The second-order valence-electron chi connectivity index (χ2n) is 3.72. The van der Waals surface area contributed by atoms with Gasteiger partial charge in [0.05, 0.1) is 6.26 Å². The van der Waals surface area contributed by atoms with E-state index in [1.54, 1.807) is 6.26 Å². The molecule has 2 heterocycles. The molecule has 2 aromatic rings. The van der Waals surface area contributed by atoms with Gasteiger partial charge in [0, 0.05) is 12.5 Å². The van der Waals surface area contributed by atoms with Gasteiger partial charge in [0.25, 0.3) is 0 Å². The zero-order valence-electron chi connectivity index (χ0n) is 9.21. The Balaban J connectivity index is 2.00. The van der Waals surface area contributed by atoms with Crippen LogP contribution in [0, 0.1) is 10.1 Å². The molecule has 1 unspecified atom stereocenters. The number of nitro groups is 1. The van der Waals surface area contributed by atoms with Gasteiger partial charge >= 0.3 is 5.82 Å². The molecule has 0 radical (unpaired) electrons. The molecule has 0 spiro atoms. The van der Waals surface area contributed by atoms with E-state index in [0.717, 1.165) is 5.76 Å². The largest absolute Gasteiger partial charge is 0.469 e. The van der Waals surface area contributed by atoms with Crippen LogP contribution in [0.5, 0.6) is 0 Å². The molecular formula is C10H12N4O3. The predicted molar refractivity (Wildman–Crippen MR) is 60.7 cm³/mol. The normalized spacial score (nSPS) is 12.3. The summed E-state index contributed by atoms with van der Waals surface area (Å²) in [6, 6.07) is 3.68. The smallest absolute Gasteiger partial charge is 0.366 e. The van der Waals surface area contributed by atoms with Crippen LogP contribution in [-0.4, -0.2) is 21.2 Å². The molecule has 0 aliphatic heterocycles. The minimum atomic E-state index is -0.505. The standard InChI is InChI=1S/C10H12N4O3/c1-7(5-8-3-2-4-17-8)12-9-6-11-13-10(9)14(15)16/h2-4,6-7,12H,5H2,1H3,(H,11,13). The fraction of sp³-hybridized carbons (Fsp3) is 0.300. The molecular weight excluding hydrogens is 224 g/mol. The van der Waals surface area contributed by atoms with Crippen LogP contribution < -0.4 is 5.32 Å². The monoisotopic (exact) mass is 236 g/mol. The van der Waals surface area contributed by atoms with E-state index in [0.29, 0.717) is 12.1 Å².